The highest BCUT2D eigenvalue weighted by atomic mass is 28.3. The second-order valence-corrected chi connectivity index (χ2v) is 17.1. The van der Waals surface area contributed by atoms with E-state index in [1.165, 1.54) is 38.5 Å². The third kappa shape index (κ3) is 4.06. The fourth-order valence-electron chi connectivity index (χ4n) is 5.62. The van der Waals surface area contributed by atoms with Gasteiger partial charge in [-0.3, -0.25) is 0 Å². The van der Waals surface area contributed by atoms with Crippen LogP contribution in [0.25, 0.3) is 48.9 Å². The lowest BCUT2D eigenvalue weighted by molar-refractivity contribution is -0.633. The summed E-state index contributed by atoms with van der Waals surface area (Å²) in [7, 11) is 0.721. The van der Waals surface area contributed by atoms with Crippen LogP contribution in [0.5, 0.6) is 0 Å². The largest absolute Gasteiger partial charge is 0.456 e. The first kappa shape index (κ1) is 25.2. The van der Waals surface area contributed by atoms with E-state index in [1.807, 2.05) is 19.1 Å². The molecule has 0 bridgehead atoms. The van der Waals surface area contributed by atoms with Gasteiger partial charge >= 0.3 is 0 Å². The van der Waals surface area contributed by atoms with Crippen LogP contribution in [-0.4, -0.2) is 8.07 Å². The number of rotatable bonds is 4. The average Bonchev–Trinajstić information content (AvgIpc) is 3.20. The summed E-state index contributed by atoms with van der Waals surface area (Å²) in [5.74, 6) is 0.556. The van der Waals surface area contributed by atoms with Crippen molar-refractivity contribution in [2.75, 3.05) is 0 Å². The van der Waals surface area contributed by atoms with Gasteiger partial charge in [-0.2, -0.15) is 4.57 Å². The Morgan fingerprint density at radius 2 is 1.59 bits per heavy atom. The van der Waals surface area contributed by atoms with E-state index >= 15 is 0 Å². The number of pyridine rings is 1. The van der Waals surface area contributed by atoms with Crippen molar-refractivity contribution in [2.24, 2.45) is 13.0 Å². The molecule has 188 valence electrons. The quantitative estimate of drug-likeness (QED) is 0.136. The zero-order valence-electron chi connectivity index (χ0n) is 23.6. The average molecular weight is 506 g/mol. The van der Waals surface area contributed by atoms with Crippen molar-refractivity contribution >= 4 is 51.8 Å². The summed E-state index contributed by atoms with van der Waals surface area (Å²) < 4.78 is 9.03. The Balaban J connectivity index is 1.93. The van der Waals surface area contributed by atoms with Gasteiger partial charge < -0.3 is 4.42 Å². The molecule has 0 aliphatic carbocycles. The number of furan rings is 1. The number of benzene rings is 3. The van der Waals surface area contributed by atoms with Crippen LogP contribution in [0.3, 0.4) is 0 Å². The van der Waals surface area contributed by atoms with Crippen LogP contribution in [0.15, 0.2) is 46.9 Å². The molecule has 3 aromatic carbocycles. The highest BCUT2D eigenvalue weighted by Crippen LogP contribution is 2.42. The minimum absolute atomic E-state index is 0.556. The zero-order valence-corrected chi connectivity index (χ0v) is 24.6. The Kier molecular flexibility index (Phi) is 6.04. The summed E-state index contributed by atoms with van der Waals surface area (Å²) >= 11 is 0. The summed E-state index contributed by atoms with van der Waals surface area (Å²) in [6, 6.07) is 15.7. The van der Waals surface area contributed by atoms with E-state index in [0.29, 0.717) is 11.6 Å². The van der Waals surface area contributed by atoms with Gasteiger partial charge in [-0.1, -0.05) is 56.9 Å². The van der Waals surface area contributed by atoms with Gasteiger partial charge in [-0.25, -0.2) is 4.85 Å². The third-order valence-electron chi connectivity index (χ3n) is 7.92. The van der Waals surface area contributed by atoms with Crippen LogP contribution in [0.4, 0.5) is 5.69 Å². The molecule has 3 nitrogen and oxygen atoms in total. The number of hydrogen-bond donors (Lipinski definition) is 0. The molecule has 0 aliphatic rings. The van der Waals surface area contributed by atoms with E-state index in [1.54, 1.807) is 0 Å². The Hall–Kier alpha value is -3.42. The van der Waals surface area contributed by atoms with Gasteiger partial charge in [0.25, 0.3) is 0 Å². The molecule has 37 heavy (non-hydrogen) atoms. The molecule has 0 atom stereocenters. The minimum Gasteiger partial charge on any atom is -0.456 e. The van der Waals surface area contributed by atoms with Crippen molar-refractivity contribution in [3.8, 4) is 11.3 Å². The summed E-state index contributed by atoms with van der Waals surface area (Å²) in [4.78, 5) is 3.71. The molecule has 0 N–H and O–H groups in total. The third-order valence-corrected chi connectivity index (χ3v) is 9.96. The van der Waals surface area contributed by atoms with Crippen molar-refractivity contribution in [2.45, 2.75) is 60.7 Å². The first-order valence-electron chi connectivity index (χ1n) is 13.2. The molecule has 0 fully saturated rings. The summed E-state index contributed by atoms with van der Waals surface area (Å²) in [5, 5.41) is 5.01. The molecule has 2 aromatic heterocycles. The monoisotopic (exact) mass is 505 g/mol. The van der Waals surface area contributed by atoms with Crippen molar-refractivity contribution in [3.05, 3.63) is 76.1 Å². The number of fused-ring (bicyclic) bond motifs is 4. The number of aromatic nitrogens is 1. The van der Waals surface area contributed by atoms with Gasteiger partial charge in [-0.05, 0) is 67.5 Å². The van der Waals surface area contributed by atoms with Crippen molar-refractivity contribution < 1.29 is 8.98 Å². The van der Waals surface area contributed by atoms with Crippen LogP contribution in [-0.2, 0) is 13.5 Å². The highest BCUT2D eigenvalue weighted by molar-refractivity contribution is 6.88. The second kappa shape index (κ2) is 8.85. The maximum atomic E-state index is 7.57. The molecule has 0 spiro atoms. The van der Waals surface area contributed by atoms with Crippen LogP contribution in [0, 0.1) is 33.3 Å². The molecule has 5 rings (SSSR count). The molecule has 0 saturated carbocycles. The smallest absolute Gasteiger partial charge is 0.217 e. The lowest BCUT2D eigenvalue weighted by Gasteiger charge is -2.18. The Morgan fingerprint density at radius 1 is 0.892 bits per heavy atom. The van der Waals surface area contributed by atoms with Crippen molar-refractivity contribution in [1.82, 2.24) is 0 Å². The van der Waals surface area contributed by atoms with E-state index in [2.05, 4.69) is 94.1 Å². The first-order valence-corrected chi connectivity index (χ1v) is 16.7. The van der Waals surface area contributed by atoms with Crippen molar-refractivity contribution in [3.63, 3.8) is 0 Å². The maximum absolute atomic E-state index is 7.57. The molecule has 2 heterocycles. The molecule has 0 radical (unpaired) electrons. The zero-order chi connectivity index (χ0) is 26.8. The van der Waals surface area contributed by atoms with E-state index in [0.717, 1.165) is 39.5 Å². The van der Waals surface area contributed by atoms with Gasteiger partial charge in [0.1, 0.15) is 18.2 Å². The Bertz CT molecular complexity index is 1760. The molecule has 0 unspecified atom stereocenters. The van der Waals surface area contributed by atoms with Gasteiger partial charge in [0.05, 0.1) is 20.2 Å². The van der Waals surface area contributed by atoms with Gasteiger partial charge in [0.15, 0.2) is 5.69 Å². The Morgan fingerprint density at radius 3 is 2.24 bits per heavy atom. The Labute approximate surface area is 221 Å². The van der Waals surface area contributed by atoms with Crippen LogP contribution >= 0.6 is 0 Å². The summed E-state index contributed by atoms with van der Waals surface area (Å²) in [5.41, 5.74) is 10.8. The predicted molar refractivity (Wildman–Crippen MR) is 160 cm³/mol. The van der Waals surface area contributed by atoms with Crippen LogP contribution in [0.1, 0.15) is 36.1 Å². The highest BCUT2D eigenvalue weighted by Gasteiger charge is 2.27. The summed E-state index contributed by atoms with van der Waals surface area (Å²) in [6.45, 7) is 25.8. The molecule has 5 aromatic rings. The molecular weight excluding hydrogens is 468 g/mol. The van der Waals surface area contributed by atoms with Crippen molar-refractivity contribution in [1.29, 1.82) is 0 Å². The normalized spacial score (nSPS) is 12.2. The molecule has 4 heteroatoms. The topological polar surface area (TPSA) is 21.4 Å². The predicted octanol–water partition coefficient (Wildman–Crippen LogP) is 8.45. The SMILES string of the molecule is [C-]#[N+]c1ccc2c(oc3c(-c4cc(CC(C)C)c5ccc([Si](C)(C)C)cc5[n+]4C)c(C)c(C)cc32)c1C. The van der Waals surface area contributed by atoms with Crippen LogP contribution in [0.2, 0.25) is 19.6 Å². The lowest BCUT2D eigenvalue weighted by Crippen LogP contribution is -2.40. The molecular formula is C33H37N2OSi+. The second-order valence-electron chi connectivity index (χ2n) is 12.1. The lowest BCUT2D eigenvalue weighted by atomic mass is 9.92. The molecule has 0 amide bonds. The molecule has 0 aliphatic heterocycles. The standard InChI is InChI=1S/C33H37N2OSi/c1-19(2)15-23-17-30(35(7)29-18-24(37(8,9)10)11-12-25(23)29)31-21(4)20(3)16-27-26-13-14-28(34-6)22(5)32(26)36-33(27)31/h11-14,16-19H,15H2,1-5,7-10H3/q+1. The summed E-state index contributed by atoms with van der Waals surface area (Å²) in [6.07, 6.45) is 1.03. The van der Waals surface area contributed by atoms with E-state index in [-0.39, 0.29) is 0 Å². The van der Waals surface area contributed by atoms with Crippen LogP contribution < -0.4 is 9.75 Å². The van der Waals surface area contributed by atoms with Gasteiger partial charge in [0.2, 0.25) is 11.2 Å². The van der Waals surface area contributed by atoms with E-state index in [9.17, 15) is 0 Å². The number of nitrogens with zero attached hydrogens (tertiary/aromatic N) is 2. The van der Waals surface area contributed by atoms with E-state index in [4.69, 9.17) is 11.0 Å². The fourth-order valence-corrected chi connectivity index (χ4v) is 6.77. The van der Waals surface area contributed by atoms with Gasteiger partial charge in [-0.15, -0.1) is 0 Å². The van der Waals surface area contributed by atoms with Gasteiger partial charge in [0, 0.05) is 28.3 Å². The number of hydrogen-bond acceptors (Lipinski definition) is 1. The minimum atomic E-state index is -1.48. The first-order chi connectivity index (χ1) is 17.4. The molecule has 0 saturated heterocycles. The van der Waals surface area contributed by atoms with E-state index < -0.39 is 8.07 Å². The number of aryl methyl sites for hydroxylation is 3. The fraction of sp³-hybridized carbons (Fsp3) is 0.333. The maximum Gasteiger partial charge on any atom is 0.217 e.